The van der Waals surface area contributed by atoms with Gasteiger partial charge in [0, 0.05) is 16.7 Å². The molecular weight excluding hydrogens is 364 g/mol. The average Bonchev–Trinajstić information content (AvgIpc) is 3.12. The van der Waals surface area contributed by atoms with Gasteiger partial charge in [0.25, 0.3) is 0 Å². The van der Waals surface area contributed by atoms with E-state index in [2.05, 4.69) is 13.0 Å². The molecule has 2 aliphatic carbocycles. The molecule has 1 aromatic carbocycles. The first kappa shape index (κ1) is 19.7. The second kappa shape index (κ2) is 8.40. The van der Waals surface area contributed by atoms with Crippen LogP contribution in [0.1, 0.15) is 84.9 Å². The van der Waals surface area contributed by atoms with E-state index in [-0.39, 0.29) is 23.6 Å². The zero-order valence-electron chi connectivity index (χ0n) is 17.1. The summed E-state index contributed by atoms with van der Waals surface area (Å²) in [5, 5.41) is 0. The SMILES string of the molecule is CC1C=Cc2oc(C(=O)c3ccccc3)c(C(C)C(=O)OC3CCCCC3)c2C1. The number of furan rings is 1. The molecule has 0 bridgehead atoms. The third-order valence-electron chi connectivity index (χ3n) is 6.05. The molecule has 2 atom stereocenters. The summed E-state index contributed by atoms with van der Waals surface area (Å²) >= 11 is 0. The maximum atomic E-state index is 13.2. The molecular formula is C25H28O4. The van der Waals surface area contributed by atoms with Crippen LogP contribution in [0.5, 0.6) is 0 Å². The summed E-state index contributed by atoms with van der Waals surface area (Å²) in [6, 6.07) is 9.09. The number of rotatable bonds is 5. The number of benzene rings is 1. The minimum absolute atomic E-state index is 0.00600. The van der Waals surface area contributed by atoms with Gasteiger partial charge in [-0.05, 0) is 51.0 Å². The van der Waals surface area contributed by atoms with Gasteiger partial charge in [-0.25, -0.2) is 0 Å². The van der Waals surface area contributed by atoms with Crippen molar-refractivity contribution in [3.8, 4) is 0 Å². The molecule has 2 aromatic rings. The van der Waals surface area contributed by atoms with Gasteiger partial charge in [0.1, 0.15) is 11.9 Å². The van der Waals surface area contributed by atoms with E-state index in [9.17, 15) is 9.59 Å². The third-order valence-corrected chi connectivity index (χ3v) is 6.05. The number of ether oxygens (including phenoxy) is 1. The minimum atomic E-state index is -0.536. The number of hydrogen-bond donors (Lipinski definition) is 0. The molecule has 29 heavy (non-hydrogen) atoms. The third kappa shape index (κ3) is 4.07. The number of allylic oxidation sites excluding steroid dienone is 1. The molecule has 4 heteroatoms. The average molecular weight is 392 g/mol. The van der Waals surface area contributed by atoms with E-state index in [0.29, 0.717) is 22.8 Å². The van der Waals surface area contributed by atoms with Crippen LogP contribution in [-0.2, 0) is 16.0 Å². The summed E-state index contributed by atoms with van der Waals surface area (Å²) < 4.78 is 11.8. The smallest absolute Gasteiger partial charge is 0.313 e. The fourth-order valence-corrected chi connectivity index (χ4v) is 4.40. The van der Waals surface area contributed by atoms with Crippen LogP contribution in [-0.4, -0.2) is 17.9 Å². The first-order valence-electron chi connectivity index (χ1n) is 10.7. The van der Waals surface area contributed by atoms with Crippen LogP contribution >= 0.6 is 0 Å². The van der Waals surface area contributed by atoms with E-state index in [0.717, 1.165) is 37.7 Å². The van der Waals surface area contributed by atoms with E-state index < -0.39 is 5.92 Å². The van der Waals surface area contributed by atoms with Gasteiger partial charge in [-0.15, -0.1) is 0 Å². The van der Waals surface area contributed by atoms with Crippen molar-refractivity contribution in [1.29, 1.82) is 0 Å². The van der Waals surface area contributed by atoms with E-state index in [4.69, 9.17) is 9.15 Å². The van der Waals surface area contributed by atoms with Crippen LogP contribution < -0.4 is 0 Å². The summed E-state index contributed by atoms with van der Waals surface area (Å²) in [5.41, 5.74) is 2.22. The summed E-state index contributed by atoms with van der Waals surface area (Å²) in [6.45, 7) is 3.96. The highest BCUT2D eigenvalue weighted by Crippen LogP contribution is 2.37. The molecule has 0 amide bonds. The molecule has 1 heterocycles. The molecule has 1 aromatic heterocycles. The Morgan fingerprint density at radius 1 is 1.10 bits per heavy atom. The molecule has 2 unspecified atom stereocenters. The molecule has 4 nitrogen and oxygen atoms in total. The Kier molecular flexibility index (Phi) is 5.70. The number of fused-ring (bicyclic) bond motifs is 1. The van der Waals surface area contributed by atoms with Crippen molar-refractivity contribution in [1.82, 2.24) is 0 Å². The van der Waals surface area contributed by atoms with Crippen molar-refractivity contribution in [3.05, 3.63) is 64.6 Å². The predicted molar refractivity (Wildman–Crippen MR) is 112 cm³/mol. The molecule has 1 saturated carbocycles. The molecule has 2 aliphatic rings. The Hall–Kier alpha value is -2.62. The molecule has 0 spiro atoms. The van der Waals surface area contributed by atoms with Gasteiger partial charge in [-0.3, -0.25) is 9.59 Å². The van der Waals surface area contributed by atoms with Crippen molar-refractivity contribution in [2.24, 2.45) is 5.92 Å². The highest BCUT2D eigenvalue weighted by Gasteiger charge is 2.34. The van der Waals surface area contributed by atoms with Crippen molar-refractivity contribution < 1.29 is 18.7 Å². The fraction of sp³-hybridized carbons (Fsp3) is 0.440. The normalized spacial score (nSPS) is 20.1. The van der Waals surface area contributed by atoms with Gasteiger partial charge in [-0.1, -0.05) is 49.8 Å². The van der Waals surface area contributed by atoms with E-state index in [1.54, 1.807) is 12.1 Å². The number of carbonyl (C=O) groups is 2. The Bertz CT molecular complexity index is 916. The van der Waals surface area contributed by atoms with E-state index in [1.165, 1.54) is 6.42 Å². The van der Waals surface area contributed by atoms with E-state index >= 15 is 0 Å². The van der Waals surface area contributed by atoms with Gasteiger partial charge in [0.15, 0.2) is 5.76 Å². The van der Waals surface area contributed by atoms with Crippen LogP contribution in [0.25, 0.3) is 6.08 Å². The van der Waals surface area contributed by atoms with Crippen LogP contribution in [0.3, 0.4) is 0 Å². The van der Waals surface area contributed by atoms with Gasteiger partial charge < -0.3 is 9.15 Å². The molecule has 152 valence electrons. The molecule has 4 rings (SSSR count). The van der Waals surface area contributed by atoms with Gasteiger partial charge in [-0.2, -0.15) is 0 Å². The summed E-state index contributed by atoms with van der Waals surface area (Å²) in [7, 11) is 0. The van der Waals surface area contributed by atoms with Crippen molar-refractivity contribution in [2.75, 3.05) is 0 Å². The molecule has 0 aliphatic heterocycles. The number of ketones is 1. The Morgan fingerprint density at radius 2 is 1.83 bits per heavy atom. The summed E-state index contributed by atoms with van der Waals surface area (Å²) in [6.07, 6.45) is 10.0. The molecule has 0 radical (unpaired) electrons. The highest BCUT2D eigenvalue weighted by atomic mass is 16.5. The molecule has 0 N–H and O–H groups in total. The lowest BCUT2D eigenvalue weighted by molar-refractivity contribution is -0.152. The Morgan fingerprint density at radius 3 is 2.55 bits per heavy atom. The molecule has 0 saturated heterocycles. The lowest BCUT2D eigenvalue weighted by Gasteiger charge is -2.24. The second-order valence-electron chi connectivity index (χ2n) is 8.34. The number of hydrogen-bond acceptors (Lipinski definition) is 4. The first-order valence-corrected chi connectivity index (χ1v) is 10.7. The Labute approximate surface area is 171 Å². The monoisotopic (exact) mass is 392 g/mol. The first-order chi connectivity index (χ1) is 14.0. The van der Waals surface area contributed by atoms with Gasteiger partial charge >= 0.3 is 5.97 Å². The molecule has 1 fully saturated rings. The van der Waals surface area contributed by atoms with Crippen LogP contribution in [0.15, 0.2) is 40.8 Å². The largest absolute Gasteiger partial charge is 0.462 e. The maximum absolute atomic E-state index is 13.2. The summed E-state index contributed by atoms with van der Waals surface area (Å²) in [4.78, 5) is 26.2. The van der Waals surface area contributed by atoms with Crippen LogP contribution in [0.2, 0.25) is 0 Å². The lowest BCUT2D eigenvalue weighted by atomic mass is 9.86. The zero-order valence-corrected chi connectivity index (χ0v) is 17.1. The van der Waals surface area contributed by atoms with Crippen molar-refractivity contribution in [3.63, 3.8) is 0 Å². The topological polar surface area (TPSA) is 56.5 Å². The van der Waals surface area contributed by atoms with Crippen molar-refractivity contribution >= 4 is 17.8 Å². The standard InChI is InChI=1S/C25H28O4/c1-16-13-14-21-20(15-16)22(17(2)25(27)28-19-11-7-4-8-12-19)24(29-21)23(26)18-9-5-3-6-10-18/h3,5-6,9-10,13-14,16-17,19H,4,7-8,11-12,15H2,1-2H3. The van der Waals surface area contributed by atoms with Gasteiger partial charge in [0.05, 0.1) is 5.92 Å². The maximum Gasteiger partial charge on any atom is 0.313 e. The van der Waals surface area contributed by atoms with Gasteiger partial charge in [0.2, 0.25) is 5.78 Å². The number of esters is 1. The Balaban J connectivity index is 1.68. The zero-order chi connectivity index (χ0) is 20.4. The van der Waals surface area contributed by atoms with Crippen molar-refractivity contribution in [2.45, 2.75) is 64.4 Å². The second-order valence-corrected chi connectivity index (χ2v) is 8.34. The predicted octanol–water partition coefficient (Wildman–Crippen LogP) is 5.70. The van der Waals surface area contributed by atoms with Crippen LogP contribution in [0.4, 0.5) is 0 Å². The summed E-state index contributed by atoms with van der Waals surface area (Å²) in [5.74, 6) is 0.312. The van der Waals surface area contributed by atoms with E-state index in [1.807, 2.05) is 31.2 Å². The fourth-order valence-electron chi connectivity index (χ4n) is 4.40. The van der Waals surface area contributed by atoms with Crippen LogP contribution in [0, 0.1) is 5.92 Å². The minimum Gasteiger partial charge on any atom is -0.462 e. The lowest BCUT2D eigenvalue weighted by Crippen LogP contribution is -2.25. The quantitative estimate of drug-likeness (QED) is 0.484. The highest BCUT2D eigenvalue weighted by molar-refractivity contribution is 6.09. The number of carbonyl (C=O) groups excluding carboxylic acids is 2.